The van der Waals surface area contributed by atoms with Gasteiger partial charge in [0.15, 0.2) is 0 Å². The van der Waals surface area contributed by atoms with Gasteiger partial charge in [0.25, 0.3) is 0 Å². The number of carbonyl (C=O) groups is 1. The van der Waals surface area contributed by atoms with E-state index in [0.717, 1.165) is 25.7 Å². The average Bonchev–Trinajstić information content (AvgIpc) is 3.11. The number of hydrogen-bond acceptors (Lipinski definition) is 4. The molecular formula is C21H14Cl2N2OS2. The predicted octanol–water partition coefficient (Wildman–Crippen LogP) is 7.00. The molecule has 0 fully saturated rings. The van der Waals surface area contributed by atoms with E-state index in [1.54, 1.807) is 17.4 Å². The van der Waals surface area contributed by atoms with Crippen LogP contribution in [0.5, 0.6) is 0 Å². The molecular weight excluding hydrogens is 431 g/mol. The van der Waals surface area contributed by atoms with E-state index in [0.29, 0.717) is 21.5 Å². The highest BCUT2D eigenvalue weighted by Gasteiger charge is 2.11. The summed E-state index contributed by atoms with van der Waals surface area (Å²) in [5, 5.41) is 4.98. The van der Waals surface area contributed by atoms with E-state index < -0.39 is 0 Å². The number of anilines is 1. The molecule has 28 heavy (non-hydrogen) atoms. The van der Waals surface area contributed by atoms with E-state index in [-0.39, 0.29) is 5.91 Å². The molecule has 0 aliphatic carbocycles. The molecule has 0 bridgehead atoms. The summed E-state index contributed by atoms with van der Waals surface area (Å²) in [6.45, 7) is 0. The molecule has 4 aromatic rings. The third kappa shape index (κ3) is 4.50. The number of halogens is 2. The minimum Gasteiger partial charge on any atom is -0.325 e. The van der Waals surface area contributed by atoms with Gasteiger partial charge in [-0.15, -0.1) is 23.1 Å². The number of benzene rings is 3. The summed E-state index contributed by atoms with van der Waals surface area (Å²) in [6, 6.07) is 20.9. The number of nitrogens with zero attached hydrogens (tertiary/aromatic N) is 1. The van der Waals surface area contributed by atoms with Crippen molar-refractivity contribution in [3.8, 4) is 10.6 Å². The number of aromatic nitrogens is 1. The number of amides is 1. The summed E-state index contributed by atoms with van der Waals surface area (Å²) in [4.78, 5) is 17.9. The quantitative estimate of drug-likeness (QED) is 0.336. The number of thiazole rings is 1. The molecule has 7 heteroatoms. The lowest BCUT2D eigenvalue weighted by Gasteiger charge is -2.08. The van der Waals surface area contributed by atoms with E-state index in [2.05, 4.69) is 10.3 Å². The minimum absolute atomic E-state index is 0.0937. The number of rotatable bonds is 5. The van der Waals surface area contributed by atoms with Gasteiger partial charge < -0.3 is 5.32 Å². The highest BCUT2D eigenvalue weighted by atomic mass is 35.5. The zero-order valence-corrected chi connectivity index (χ0v) is 17.6. The van der Waals surface area contributed by atoms with Crippen molar-refractivity contribution < 1.29 is 4.79 Å². The van der Waals surface area contributed by atoms with Gasteiger partial charge >= 0.3 is 0 Å². The maximum absolute atomic E-state index is 12.2. The lowest BCUT2D eigenvalue weighted by Crippen LogP contribution is -2.13. The fourth-order valence-corrected chi connectivity index (χ4v) is 4.79. The molecule has 3 nitrogen and oxygen atoms in total. The van der Waals surface area contributed by atoms with Gasteiger partial charge in [-0.25, -0.2) is 4.98 Å². The Labute approximate surface area is 180 Å². The molecule has 3 aromatic carbocycles. The molecule has 4 rings (SSSR count). The van der Waals surface area contributed by atoms with Crippen molar-refractivity contribution in [2.75, 3.05) is 11.1 Å². The number of fused-ring (bicyclic) bond motifs is 1. The summed E-state index contributed by atoms with van der Waals surface area (Å²) < 4.78 is 1.12. The Balaban J connectivity index is 1.43. The van der Waals surface area contributed by atoms with Crippen LogP contribution < -0.4 is 5.32 Å². The molecule has 0 saturated carbocycles. The molecule has 140 valence electrons. The first-order valence-corrected chi connectivity index (χ1v) is 11.0. The number of nitrogens with one attached hydrogen (secondary N) is 1. The van der Waals surface area contributed by atoms with E-state index >= 15 is 0 Å². The maximum Gasteiger partial charge on any atom is 0.234 e. The third-order valence-electron chi connectivity index (χ3n) is 3.96. The van der Waals surface area contributed by atoms with E-state index in [4.69, 9.17) is 23.2 Å². The van der Waals surface area contributed by atoms with Gasteiger partial charge in [0, 0.05) is 21.2 Å². The Morgan fingerprint density at radius 1 is 1.04 bits per heavy atom. The highest BCUT2D eigenvalue weighted by Crippen LogP contribution is 2.35. The first kappa shape index (κ1) is 19.3. The second kappa shape index (κ2) is 8.53. The molecule has 0 aliphatic rings. The second-order valence-corrected chi connectivity index (χ2v) is 8.90. The standard InChI is InChI=1S/C21H14Cl2N2OS2/c22-13-5-8-15(9-6-13)27-12-20(26)24-14-7-10-16(17(23)11-14)21-25-18-3-1-2-4-19(18)28-21/h1-11H,12H2,(H,24,26). The van der Waals surface area contributed by atoms with Crippen molar-refractivity contribution in [1.29, 1.82) is 0 Å². The van der Waals surface area contributed by atoms with Gasteiger partial charge in [0.2, 0.25) is 5.91 Å². The fourth-order valence-electron chi connectivity index (χ4n) is 2.63. The molecule has 0 spiro atoms. The van der Waals surface area contributed by atoms with Crippen LogP contribution in [0.15, 0.2) is 71.6 Å². The zero-order chi connectivity index (χ0) is 19.5. The topological polar surface area (TPSA) is 42.0 Å². The van der Waals surface area contributed by atoms with Crippen LogP contribution in [0.4, 0.5) is 5.69 Å². The Hall–Kier alpha value is -2.05. The zero-order valence-electron chi connectivity index (χ0n) is 14.5. The van der Waals surface area contributed by atoms with E-state index in [9.17, 15) is 4.79 Å². The summed E-state index contributed by atoms with van der Waals surface area (Å²) in [6.07, 6.45) is 0. The van der Waals surface area contributed by atoms with Crippen LogP contribution in [-0.2, 0) is 4.79 Å². The van der Waals surface area contributed by atoms with Gasteiger partial charge in [-0.1, -0.05) is 35.3 Å². The minimum atomic E-state index is -0.0937. The van der Waals surface area contributed by atoms with Crippen molar-refractivity contribution in [3.05, 3.63) is 76.8 Å². The molecule has 0 unspecified atom stereocenters. The number of para-hydroxylation sites is 1. The lowest BCUT2D eigenvalue weighted by molar-refractivity contribution is -0.113. The summed E-state index contributed by atoms with van der Waals surface area (Å²) >= 11 is 15.4. The molecule has 1 N–H and O–H groups in total. The first-order chi connectivity index (χ1) is 13.6. The van der Waals surface area contributed by atoms with E-state index in [1.807, 2.05) is 60.7 Å². The van der Waals surface area contributed by atoms with Crippen LogP contribution in [-0.4, -0.2) is 16.6 Å². The average molecular weight is 445 g/mol. The van der Waals surface area contributed by atoms with Gasteiger partial charge in [-0.05, 0) is 54.6 Å². The monoisotopic (exact) mass is 444 g/mol. The second-order valence-electron chi connectivity index (χ2n) is 5.97. The third-order valence-corrected chi connectivity index (χ3v) is 6.61. The van der Waals surface area contributed by atoms with Crippen LogP contribution in [0.25, 0.3) is 20.8 Å². The fraction of sp³-hybridized carbons (Fsp3) is 0.0476. The Bertz CT molecular complexity index is 1110. The van der Waals surface area contributed by atoms with Crippen molar-refractivity contribution >= 4 is 68.1 Å². The largest absolute Gasteiger partial charge is 0.325 e. The van der Waals surface area contributed by atoms with Crippen molar-refractivity contribution in [1.82, 2.24) is 4.98 Å². The SMILES string of the molecule is O=C(CSc1ccc(Cl)cc1)Nc1ccc(-c2nc3ccccc3s2)c(Cl)c1. The van der Waals surface area contributed by atoms with Crippen molar-refractivity contribution in [3.63, 3.8) is 0 Å². The van der Waals surface area contributed by atoms with E-state index in [1.165, 1.54) is 11.8 Å². The molecule has 1 amide bonds. The van der Waals surface area contributed by atoms with Gasteiger partial charge in [0.05, 0.1) is 21.0 Å². The van der Waals surface area contributed by atoms with Crippen LogP contribution >= 0.6 is 46.3 Å². The summed E-state index contributed by atoms with van der Waals surface area (Å²) in [7, 11) is 0. The van der Waals surface area contributed by atoms with Crippen LogP contribution in [0, 0.1) is 0 Å². The molecule has 1 heterocycles. The van der Waals surface area contributed by atoms with Gasteiger partial charge in [0.1, 0.15) is 5.01 Å². The lowest BCUT2D eigenvalue weighted by atomic mass is 10.2. The normalized spacial score (nSPS) is 10.9. The van der Waals surface area contributed by atoms with Crippen LogP contribution in [0.1, 0.15) is 0 Å². The molecule has 0 radical (unpaired) electrons. The van der Waals surface area contributed by atoms with Crippen molar-refractivity contribution in [2.24, 2.45) is 0 Å². The summed E-state index contributed by atoms with van der Waals surface area (Å²) in [5.74, 6) is 0.211. The smallest absolute Gasteiger partial charge is 0.234 e. The molecule has 1 aromatic heterocycles. The van der Waals surface area contributed by atoms with Gasteiger partial charge in [-0.2, -0.15) is 0 Å². The molecule has 0 atom stereocenters. The number of hydrogen-bond donors (Lipinski definition) is 1. The number of carbonyl (C=O) groups excluding carboxylic acids is 1. The summed E-state index contributed by atoms with van der Waals surface area (Å²) in [5.41, 5.74) is 2.48. The van der Waals surface area contributed by atoms with Gasteiger partial charge in [-0.3, -0.25) is 4.79 Å². The maximum atomic E-state index is 12.2. The Kier molecular flexibility index (Phi) is 5.87. The Morgan fingerprint density at radius 3 is 2.57 bits per heavy atom. The van der Waals surface area contributed by atoms with Crippen molar-refractivity contribution in [2.45, 2.75) is 4.90 Å². The van der Waals surface area contributed by atoms with Crippen LogP contribution in [0.3, 0.4) is 0 Å². The van der Waals surface area contributed by atoms with Crippen LogP contribution in [0.2, 0.25) is 10.0 Å². The molecule has 0 saturated heterocycles. The first-order valence-electron chi connectivity index (χ1n) is 8.42. The number of thioether (sulfide) groups is 1. The highest BCUT2D eigenvalue weighted by molar-refractivity contribution is 8.00. The Morgan fingerprint density at radius 2 is 1.82 bits per heavy atom. The molecule has 0 aliphatic heterocycles. The predicted molar refractivity (Wildman–Crippen MR) is 121 cm³/mol.